The zero-order chi connectivity index (χ0) is 21.5. The first-order chi connectivity index (χ1) is 13.5. The minimum Gasteiger partial charge on any atom is -0.407 e. The molecule has 0 radical (unpaired) electrons. The van der Waals surface area contributed by atoms with E-state index in [4.69, 9.17) is 4.43 Å². The van der Waals surface area contributed by atoms with Crippen LogP contribution in [-0.4, -0.2) is 45.9 Å². The molecule has 0 amide bonds. The second-order valence-corrected chi connectivity index (χ2v) is 13.9. The maximum atomic E-state index is 14.6. The van der Waals surface area contributed by atoms with E-state index in [1.54, 1.807) is 0 Å². The largest absolute Gasteiger partial charge is 0.407 e. The fraction of sp³-hybridized carbons (Fsp3) is 0.500. The highest BCUT2D eigenvalue weighted by Gasteiger charge is 2.74. The van der Waals surface area contributed by atoms with Crippen LogP contribution in [0.1, 0.15) is 34.1 Å². The second-order valence-electron chi connectivity index (χ2n) is 9.63. The topological polar surface area (TPSA) is 12.5 Å². The fourth-order valence-corrected chi connectivity index (χ4v) is 9.20. The lowest BCUT2D eigenvalue weighted by molar-refractivity contribution is 0.00508. The number of hydrogen-bond acceptors (Lipinski definition) is 2. The van der Waals surface area contributed by atoms with Crippen LogP contribution in [0.15, 0.2) is 60.7 Å². The Morgan fingerprint density at radius 2 is 1.38 bits per heavy atom. The van der Waals surface area contributed by atoms with Crippen molar-refractivity contribution in [3.63, 3.8) is 0 Å². The Balaban J connectivity index is 2.10. The van der Waals surface area contributed by atoms with Crippen molar-refractivity contribution in [2.45, 2.75) is 51.1 Å². The molecule has 0 saturated heterocycles. The summed E-state index contributed by atoms with van der Waals surface area (Å²) in [6, 6.07) is 20.1. The van der Waals surface area contributed by atoms with Gasteiger partial charge in [0.2, 0.25) is 0 Å². The Kier molecular flexibility index (Phi) is 5.80. The zero-order valence-electron chi connectivity index (χ0n) is 18.4. The van der Waals surface area contributed by atoms with Crippen LogP contribution in [0, 0.1) is 5.41 Å². The van der Waals surface area contributed by atoms with Crippen LogP contribution in [0.25, 0.3) is 0 Å². The summed E-state index contributed by atoms with van der Waals surface area (Å²) < 4.78 is 36.1. The Hall–Kier alpha value is -1.56. The van der Waals surface area contributed by atoms with Gasteiger partial charge >= 0.3 is 0 Å². The molecule has 158 valence electrons. The van der Waals surface area contributed by atoms with Gasteiger partial charge in [-0.05, 0) is 36.4 Å². The smallest absolute Gasteiger partial charge is 0.261 e. The first-order valence-corrected chi connectivity index (χ1v) is 12.2. The summed E-state index contributed by atoms with van der Waals surface area (Å²) in [5.41, 5.74) is -1.14. The van der Waals surface area contributed by atoms with Crippen molar-refractivity contribution in [2.24, 2.45) is 5.41 Å². The van der Waals surface area contributed by atoms with Crippen LogP contribution in [0.5, 0.6) is 0 Å². The number of nitrogens with zero attached hydrogens (tertiary/aromatic N) is 1. The van der Waals surface area contributed by atoms with E-state index in [9.17, 15) is 8.78 Å². The highest BCUT2D eigenvalue weighted by molar-refractivity contribution is 6.99. The first-order valence-electron chi connectivity index (χ1n) is 10.3. The summed E-state index contributed by atoms with van der Waals surface area (Å²) in [6.45, 7) is 8.47. The lowest BCUT2D eigenvalue weighted by Crippen LogP contribution is -2.67. The van der Waals surface area contributed by atoms with Crippen molar-refractivity contribution in [1.29, 1.82) is 0 Å². The highest BCUT2D eigenvalue weighted by Crippen LogP contribution is 2.63. The lowest BCUT2D eigenvalue weighted by Gasteiger charge is -2.44. The fourth-order valence-electron chi connectivity index (χ4n) is 4.58. The van der Waals surface area contributed by atoms with Crippen LogP contribution in [-0.2, 0) is 4.43 Å². The normalized spacial score (nSPS) is 22.5. The number of alkyl halides is 2. The van der Waals surface area contributed by atoms with E-state index in [2.05, 4.69) is 45.0 Å². The molecule has 3 rings (SSSR count). The second kappa shape index (κ2) is 7.60. The van der Waals surface area contributed by atoms with Gasteiger partial charge in [0.25, 0.3) is 14.2 Å². The minimum atomic E-state index is -2.81. The van der Waals surface area contributed by atoms with E-state index in [0.29, 0.717) is 0 Å². The Morgan fingerprint density at radius 1 is 0.966 bits per heavy atom. The molecule has 0 bridgehead atoms. The molecule has 1 fully saturated rings. The van der Waals surface area contributed by atoms with E-state index in [0.717, 1.165) is 10.4 Å². The molecule has 0 aliphatic heterocycles. The molecule has 2 atom stereocenters. The van der Waals surface area contributed by atoms with Gasteiger partial charge in [-0.3, -0.25) is 0 Å². The monoisotopic (exact) mass is 417 g/mol. The lowest BCUT2D eigenvalue weighted by atomic mass is 9.97. The number of hydrogen-bond donors (Lipinski definition) is 0. The quantitative estimate of drug-likeness (QED) is 0.614. The molecule has 2 aromatic rings. The van der Waals surface area contributed by atoms with Crippen LogP contribution >= 0.6 is 0 Å². The van der Waals surface area contributed by atoms with Crippen molar-refractivity contribution in [2.75, 3.05) is 20.7 Å². The van der Waals surface area contributed by atoms with Gasteiger partial charge in [-0.15, -0.1) is 0 Å². The van der Waals surface area contributed by atoms with Gasteiger partial charge in [0.05, 0.1) is 5.41 Å². The van der Waals surface area contributed by atoms with Crippen LogP contribution in [0.3, 0.4) is 0 Å². The molecule has 29 heavy (non-hydrogen) atoms. The standard InChI is InChI=1S/C24H33F2NOSi/c1-19(27(5)6)23(17-24(23,25)26)18-28-29(22(2,3)4,20-13-9-7-10-14-20)21-15-11-8-12-16-21/h7-16,19H,17-18H2,1-6H3. The SMILES string of the molecule is CC(N(C)C)C1(CO[Si](c2ccccc2)(c2ccccc2)C(C)(C)C)CC1(F)F. The van der Waals surface area contributed by atoms with Gasteiger partial charge in [-0.1, -0.05) is 81.4 Å². The van der Waals surface area contributed by atoms with E-state index in [1.807, 2.05) is 62.3 Å². The summed E-state index contributed by atoms with van der Waals surface area (Å²) in [6.07, 6.45) is -0.114. The Morgan fingerprint density at radius 3 is 1.69 bits per heavy atom. The summed E-state index contributed by atoms with van der Waals surface area (Å²) in [7, 11) is 0.915. The third-order valence-corrected chi connectivity index (χ3v) is 11.7. The molecule has 1 saturated carbocycles. The third-order valence-electron chi connectivity index (χ3n) is 6.68. The van der Waals surface area contributed by atoms with Gasteiger partial charge < -0.3 is 9.33 Å². The summed E-state index contributed by atoms with van der Waals surface area (Å²) in [5.74, 6) is -2.69. The zero-order valence-corrected chi connectivity index (χ0v) is 19.4. The highest BCUT2D eigenvalue weighted by atomic mass is 28.4. The average molecular weight is 418 g/mol. The van der Waals surface area contributed by atoms with E-state index in [1.165, 1.54) is 0 Å². The molecule has 5 heteroatoms. The molecule has 2 aromatic carbocycles. The molecule has 1 aliphatic rings. The molecular weight excluding hydrogens is 384 g/mol. The molecule has 1 aliphatic carbocycles. The molecule has 2 unspecified atom stereocenters. The molecule has 0 aromatic heterocycles. The molecule has 0 N–H and O–H groups in total. The number of rotatable bonds is 7. The van der Waals surface area contributed by atoms with Crippen LogP contribution in [0.4, 0.5) is 8.78 Å². The van der Waals surface area contributed by atoms with Crippen molar-refractivity contribution >= 4 is 18.7 Å². The summed E-state index contributed by atoms with van der Waals surface area (Å²) in [4.78, 5) is 1.88. The number of halogens is 2. The molecular formula is C24H33F2NOSi. The maximum Gasteiger partial charge on any atom is 0.261 e. The van der Waals surface area contributed by atoms with Crippen LogP contribution in [0.2, 0.25) is 5.04 Å². The number of benzene rings is 2. The van der Waals surface area contributed by atoms with Gasteiger partial charge in [0, 0.05) is 19.1 Å². The van der Waals surface area contributed by atoms with Gasteiger partial charge in [0.15, 0.2) is 0 Å². The van der Waals surface area contributed by atoms with Crippen molar-refractivity contribution in [3.05, 3.63) is 60.7 Å². The average Bonchev–Trinajstić information content (AvgIpc) is 3.24. The van der Waals surface area contributed by atoms with E-state index in [-0.39, 0.29) is 24.1 Å². The Labute approximate surface area is 175 Å². The molecule has 0 heterocycles. The summed E-state index contributed by atoms with van der Waals surface area (Å²) >= 11 is 0. The van der Waals surface area contributed by atoms with Gasteiger partial charge in [-0.25, -0.2) is 8.78 Å². The summed E-state index contributed by atoms with van der Waals surface area (Å²) in [5, 5.41) is 2.02. The van der Waals surface area contributed by atoms with Crippen molar-refractivity contribution in [1.82, 2.24) is 4.90 Å². The van der Waals surface area contributed by atoms with E-state index >= 15 is 0 Å². The first kappa shape index (κ1) is 22.1. The Bertz CT molecular complexity index is 780. The van der Waals surface area contributed by atoms with E-state index < -0.39 is 19.7 Å². The van der Waals surface area contributed by atoms with Crippen molar-refractivity contribution in [3.8, 4) is 0 Å². The van der Waals surface area contributed by atoms with Gasteiger partial charge in [-0.2, -0.15) is 0 Å². The third kappa shape index (κ3) is 3.69. The maximum absolute atomic E-state index is 14.6. The predicted octanol–water partition coefficient (Wildman–Crippen LogP) is 4.54. The van der Waals surface area contributed by atoms with Gasteiger partial charge in [0.1, 0.15) is 0 Å². The van der Waals surface area contributed by atoms with Crippen molar-refractivity contribution < 1.29 is 13.2 Å². The molecule has 2 nitrogen and oxygen atoms in total. The predicted molar refractivity (Wildman–Crippen MR) is 119 cm³/mol. The minimum absolute atomic E-state index is 0.0621. The van der Waals surface area contributed by atoms with Crippen LogP contribution < -0.4 is 10.4 Å². The molecule has 0 spiro atoms.